The largest absolute Gasteiger partial charge is 0.381 e. The first-order valence-electron chi connectivity index (χ1n) is 6.60. The van der Waals surface area contributed by atoms with Gasteiger partial charge in [-0.25, -0.2) is 13.6 Å². The van der Waals surface area contributed by atoms with Gasteiger partial charge < -0.3 is 10.1 Å². The molecule has 1 aromatic carbocycles. The van der Waals surface area contributed by atoms with Gasteiger partial charge in [-0.3, -0.25) is 0 Å². The van der Waals surface area contributed by atoms with E-state index in [9.17, 15) is 8.42 Å². The quantitative estimate of drug-likeness (QED) is 0.893. The van der Waals surface area contributed by atoms with Crippen LogP contribution in [0, 0.1) is 0 Å². The molecule has 1 fully saturated rings. The summed E-state index contributed by atoms with van der Waals surface area (Å²) < 4.78 is 28.4. The maximum atomic E-state index is 11.4. The minimum atomic E-state index is -3.72. The molecule has 1 aliphatic rings. The molecule has 0 saturated carbocycles. The van der Waals surface area contributed by atoms with Crippen LogP contribution >= 0.6 is 11.6 Å². The average molecular weight is 319 g/mol. The number of benzene rings is 1. The fourth-order valence-corrected chi connectivity index (χ4v) is 3.02. The third-order valence-electron chi connectivity index (χ3n) is 3.45. The van der Waals surface area contributed by atoms with Gasteiger partial charge in [0.05, 0.1) is 21.7 Å². The summed E-state index contributed by atoms with van der Waals surface area (Å²) in [4.78, 5) is 0.0588. The smallest absolute Gasteiger partial charge is 0.238 e. The molecule has 5 nitrogen and oxygen atoms in total. The highest BCUT2D eigenvalue weighted by molar-refractivity contribution is 7.89. The van der Waals surface area contributed by atoms with Crippen molar-refractivity contribution in [2.24, 2.45) is 5.14 Å². The summed E-state index contributed by atoms with van der Waals surface area (Å²) in [6.07, 6.45) is 2.95. The second kappa shape index (κ2) is 6.30. The number of rotatable bonds is 4. The zero-order valence-electron chi connectivity index (χ0n) is 11.3. The van der Waals surface area contributed by atoms with Gasteiger partial charge in [0.1, 0.15) is 0 Å². The maximum absolute atomic E-state index is 11.4. The zero-order chi connectivity index (χ0) is 14.8. The molecular formula is C13H19ClN2O3S. The molecule has 112 valence electrons. The summed E-state index contributed by atoms with van der Waals surface area (Å²) in [6, 6.07) is 4.65. The SMILES string of the molecule is CCC1CC(Nc2cc(S(N)(=O)=O)ccc2Cl)CCO1. The van der Waals surface area contributed by atoms with Gasteiger partial charge in [-0.2, -0.15) is 0 Å². The molecule has 0 aromatic heterocycles. The van der Waals surface area contributed by atoms with Gasteiger partial charge in [0.25, 0.3) is 0 Å². The standard InChI is InChI=1S/C13H19ClN2O3S/c1-2-10-7-9(5-6-19-10)16-13-8-11(20(15,17)18)3-4-12(13)14/h3-4,8-10,16H,2,5-7H2,1H3,(H2,15,17,18). The Morgan fingerprint density at radius 2 is 2.25 bits per heavy atom. The second-order valence-electron chi connectivity index (χ2n) is 4.95. The van der Waals surface area contributed by atoms with Crippen LogP contribution in [0.1, 0.15) is 26.2 Å². The normalized spacial score (nSPS) is 23.6. The summed E-state index contributed by atoms with van der Waals surface area (Å²) in [5, 5.41) is 8.91. The van der Waals surface area contributed by atoms with Crippen LogP contribution in [0.4, 0.5) is 5.69 Å². The molecule has 3 N–H and O–H groups in total. The minimum absolute atomic E-state index is 0.0588. The van der Waals surface area contributed by atoms with Crippen molar-refractivity contribution in [3.63, 3.8) is 0 Å². The van der Waals surface area contributed by atoms with Gasteiger partial charge in [0.15, 0.2) is 0 Å². The Morgan fingerprint density at radius 1 is 1.50 bits per heavy atom. The van der Waals surface area contributed by atoms with Crippen LogP contribution in [0.25, 0.3) is 0 Å². The Hall–Kier alpha value is -0.820. The van der Waals surface area contributed by atoms with E-state index in [0.717, 1.165) is 19.3 Å². The molecule has 0 aliphatic carbocycles. The van der Waals surface area contributed by atoms with Crippen molar-refractivity contribution < 1.29 is 13.2 Å². The first kappa shape index (κ1) is 15.6. The fourth-order valence-electron chi connectivity index (χ4n) is 2.31. The van der Waals surface area contributed by atoms with Crippen molar-refractivity contribution in [1.82, 2.24) is 0 Å². The molecule has 2 unspecified atom stereocenters. The number of hydrogen-bond donors (Lipinski definition) is 2. The predicted molar refractivity (Wildman–Crippen MR) is 79.5 cm³/mol. The van der Waals surface area contributed by atoms with Gasteiger partial charge in [-0.1, -0.05) is 18.5 Å². The Bertz CT molecular complexity index is 577. The van der Waals surface area contributed by atoms with Crippen LogP contribution in [0.3, 0.4) is 0 Å². The van der Waals surface area contributed by atoms with Crippen molar-refractivity contribution in [3.05, 3.63) is 23.2 Å². The predicted octanol–water partition coefficient (Wildman–Crippen LogP) is 2.36. The second-order valence-corrected chi connectivity index (χ2v) is 6.92. The van der Waals surface area contributed by atoms with Crippen molar-refractivity contribution in [2.45, 2.75) is 43.2 Å². The van der Waals surface area contributed by atoms with Crippen LogP contribution in [0.2, 0.25) is 5.02 Å². The van der Waals surface area contributed by atoms with Crippen LogP contribution in [0.5, 0.6) is 0 Å². The molecular weight excluding hydrogens is 300 g/mol. The number of nitrogens with two attached hydrogens (primary N) is 1. The molecule has 2 atom stereocenters. The molecule has 1 aromatic rings. The van der Waals surface area contributed by atoms with Crippen LogP contribution in [-0.4, -0.2) is 27.2 Å². The third-order valence-corrected chi connectivity index (χ3v) is 4.69. The number of sulfonamides is 1. The van der Waals surface area contributed by atoms with E-state index in [-0.39, 0.29) is 17.0 Å². The number of nitrogens with one attached hydrogen (secondary N) is 1. The Labute approximate surface area is 124 Å². The number of primary sulfonamides is 1. The summed E-state index contributed by atoms with van der Waals surface area (Å²) in [5.74, 6) is 0. The lowest BCUT2D eigenvalue weighted by atomic mass is 10.0. The molecule has 1 aliphatic heterocycles. The van der Waals surface area contributed by atoms with Crippen molar-refractivity contribution >= 4 is 27.3 Å². The van der Waals surface area contributed by atoms with Crippen LogP contribution < -0.4 is 10.5 Å². The third kappa shape index (κ3) is 3.85. The lowest BCUT2D eigenvalue weighted by Gasteiger charge is -2.30. The first-order valence-corrected chi connectivity index (χ1v) is 8.53. The van der Waals surface area contributed by atoms with Gasteiger partial charge in [-0.15, -0.1) is 0 Å². The van der Waals surface area contributed by atoms with E-state index in [1.165, 1.54) is 12.1 Å². The van der Waals surface area contributed by atoms with Crippen LogP contribution in [0.15, 0.2) is 23.1 Å². The van der Waals surface area contributed by atoms with E-state index in [0.29, 0.717) is 17.3 Å². The first-order chi connectivity index (χ1) is 9.40. The van der Waals surface area contributed by atoms with Gasteiger partial charge in [-0.05, 0) is 37.5 Å². The van der Waals surface area contributed by atoms with E-state index >= 15 is 0 Å². The molecule has 20 heavy (non-hydrogen) atoms. The number of halogens is 1. The van der Waals surface area contributed by atoms with Crippen molar-refractivity contribution in [3.8, 4) is 0 Å². The summed E-state index contributed by atoms with van der Waals surface area (Å²) in [7, 11) is -3.72. The Kier molecular flexibility index (Phi) is 4.90. The highest BCUT2D eigenvalue weighted by Crippen LogP contribution is 2.28. The average Bonchev–Trinajstić information content (AvgIpc) is 2.40. The van der Waals surface area contributed by atoms with E-state index < -0.39 is 10.0 Å². The molecule has 2 rings (SSSR count). The van der Waals surface area contributed by atoms with E-state index in [2.05, 4.69) is 12.2 Å². The van der Waals surface area contributed by atoms with Crippen LogP contribution in [-0.2, 0) is 14.8 Å². The minimum Gasteiger partial charge on any atom is -0.381 e. The number of hydrogen-bond acceptors (Lipinski definition) is 4. The van der Waals surface area contributed by atoms with Gasteiger partial charge in [0.2, 0.25) is 10.0 Å². The lowest BCUT2D eigenvalue weighted by Crippen LogP contribution is -2.33. The highest BCUT2D eigenvalue weighted by Gasteiger charge is 2.22. The van der Waals surface area contributed by atoms with Crippen molar-refractivity contribution in [1.29, 1.82) is 0 Å². The fraction of sp³-hybridized carbons (Fsp3) is 0.538. The molecule has 0 radical (unpaired) electrons. The molecule has 0 spiro atoms. The summed E-state index contributed by atoms with van der Waals surface area (Å²) in [5.41, 5.74) is 0.597. The Morgan fingerprint density at radius 3 is 2.90 bits per heavy atom. The molecule has 0 bridgehead atoms. The monoisotopic (exact) mass is 318 g/mol. The zero-order valence-corrected chi connectivity index (χ0v) is 12.9. The molecule has 0 amide bonds. The Balaban J connectivity index is 2.16. The number of ether oxygens (including phenoxy) is 1. The molecule has 1 heterocycles. The topological polar surface area (TPSA) is 81.4 Å². The van der Waals surface area contributed by atoms with E-state index in [1.807, 2.05) is 0 Å². The molecule has 1 saturated heterocycles. The van der Waals surface area contributed by atoms with Gasteiger partial charge >= 0.3 is 0 Å². The summed E-state index contributed by atoms with van der Waals surface area (Å²) in [6.45, 7) is 2.78. The maximum Gasteiger partial charge on any atom is 0.238 e. The van der Waals surface area contributed by atoms with E-state index in [1.54, 1.807) is 6.07 Å². The van der Waals surface area contributed by atoms with Crippen molar-refractivity contribution in [2.75, 3.05) is 11.9 Å². The van der Waals surface area contributed by atoms with E-state index in [4.69, 9.17) is 21.5 Å². The highest BCUT2D eigenvalue weighted by atomic mass is 35.5. The molecule has 7 heteroatoms. The van der Waals surface area contributed by atoms with Gasteiger partial charge in [0, 0.05) is 12.6 Å². The number of anilines is 1. The lowest BCUT2D eigenvalue weighted by molar-refractivity contribution is 0.00925. The summed E-state index contributed by atoms with van der Waals surface area (Å²) >= 11 is 6.11.